The zero-order chi connectivity index (χ0) is 14.8. The maximum Gasteiger partial charge on any atom is 0.182 e. The van der Waals surface area contributed by atoms with Crippen molar-refractivity contribution in [1.82, 2.24) is 20.2 Å². The van der Waals surface area contributed by atoms with E-state index in [1.54, 1.807) is 16.8 Å². The van der Waals surface area contributed by atoms with Gasteiger partial charge in [-0.05, 0) is 49.4 Å². The van der Waals surface area contributed by atoms with Gasteiger partial charge in [-0.15, -0.1) is 5.10 Å². The first-order valence-electron chi connectivity index (χ1n) is 6.38. The van der Waals surface area contributed by atoms with Crippen LogP contribution in [0.1, 0.15) is 20.8 Å². The molecule has 0 amide bonds. The van der Waals surface area contributed by atoms with Crippen molar-refractivity contribution >= 4 is 17.3 Å². The summed E-state index contributed by atoms with van der Waals surface area (Å²) in [4.78, 5) is 0. The maximum atomic E-state index is 6.04. The minimum atomic E-state index is -0.351. The van der Waals surface area contributed by atoms with E-state index in [0.717, 1.165) is 5.56 Å². The lowest BCUT2D eigenvalue weighted by molar-refractivity contribution is -0.0246. The third-order valence-electron chi connectivity index (χ3n) is 2.86. The Labute approximate surface area is 122 Å². The zero-order valence-electron chi connectivity index (χ0n) is 11.8. The number of aromatic nitrogens is 4. The Morgan fingerprint density at radius 2 is 2.15 bits per heavy atom. The Bertz CT molecular complexity index is 596. The molecule has 7 heteroatoms. The molecule has 0 fully saturated rings. The summed E-state index contributed by atoms with van der Waals surface area (Å²) in [5.74, 6) is 0.639. The van der Waals surface area contributed by atoms with Gasteiger partial charge < -0.3 is 10.5 Å². The van der Waals surface area contributed by atoms with E-state index in [-0.39, 0.29) is 5.60 Å². The van der Waals surface area contributed by atoms with Crippen LogP contribution in [0.3, 0.4) is 0 Å². The van der Waals surface area contributed by atoms with Crippen molar-refractivity contribution in [2.45, 2.75) is 32.9 Å². The predicted octanol–water partition coefficient (Wildman–Crippen LogP) is 2.39. The van der Waals surface area contributed by atoms with E-state index in [1.807, 2.05) is 26.8 Å². The summed E-state index contributed by atoms with van der Waals surface area (Å²) >= 11 is 6.04. The average Bonchev–Trinajstić information content (AvgIpc) is 2.80. The van der Waals surface area contributed by atoms with Gasteiger partial charge in [-0.3, -0.25) is 0 Å². The highest BCUT2D eigenvalue weighted by atomic mass is 35.5. The molecule has 2 rings (SSSR count). The van der Waals surface area contributed by atoms with Gasteiger partial charge in [0, 0.05) is 12.2 Å². The molecule has 0 bridgehead atoms. The van der Waals surface area contributed by atoms with E-state index in [9.17, 15) is 0 Å². The van der Waals surface area contributed by atoms with Crippen LogP contribution in [0.25, 0.3) is 11.4 Å². The minimum absolute atomic E-state index is 0.351. The van der Waals surface area contributed by atoms with E-state index in [0.29, 0.717) is 29.7 Å². The van der Waals surface area contributed by atoms with Gasteiger partial charge in [-0.1, -0.05) is 11.6 Å². The number of rotatable bonds is 5. The van der Waals surface area contributed by atoms with Crippen molar-refractivity contribution in [2.24, 2.45) is 0 Å². The van der Waals surface area contributed by atoms with E-state index < -0.39 is 0 Å². The van der Waals surface area contributed by atoms with E-state index in [2.05, 4.69) is 15.5 Å². The molecule has 6 nitrogen and oxygen atoms in total. The number of hydrogen-bond acceptors (Lipinski definition) is 5. The van der Waals surface area contributed by atoms with E-state index in [1.165, 1.54) is 0 Å². The molecular formula is C13H18ClN5O. The number of nitrogens with two attached hydrogens (primary N) is 1. The van der Waals surface area contributed by atoms with E-state index in [4.69, 9.17) is 22.1 Å². The summed E-state index contributed by atoms with van der Waals surface area (Å²) in [6.45, 7) is 7.14. The molecule has 1 heterocycles. The summed E-state index contributed by atoms with van der Waals surface area (Å²) in [6.07, 6.45) is 0. The highest BCUT2D eigenvalue weighted by molar-refractivity contribution is 6.33. The second kappa shape index (κ2) is 5.76. The molecule has 0 radical (unpaired) electrons. The summed E-state index contributed by atoms with van der Waals surface area (Å²) in [6, 6.07) is 5.34. The monoisotopic (exact) mass is 295 g/mol. The summed E-state index contributed by atoms with van der Waals surface area (Å²) in [7, 11) is 0. The van der Waals surface area contributed by atoms with Crippen LogP contribution < -0.4 is 5.73 Å². The highest BCUT2D eigenvalue weighted by Gasteiger charge is 2.22. The number of nitrogens with zero attached hydrogens (tertiary/aromatic N) is 4. The van der Waals surface area contributed by atoms with Crippen LogP contribution in [-0.4, -0.2) is 32.4 Å². The summed E-state index contributed by atoms with van der Waals surface area (Å²) in [5, 5.41) is 12.3. The Kier molecular flexibility index (Phi) is 4.25. The fraction of sp³-hybridized carbons (Fsp3) is 0.462. The fourth-order valence-electron chi connectivity index (χ4n) is 1.98. The van der Waals surface area contributed by atoms with Crippen LogP contribution >= 0.6 is 11.6 Å². The first-order chi connectivity index (χ1) is 9.43. The molecule has 1 aromatic heterocycles. The van der Waals surface area contributed by atoms with Gasteiger partial charge in [0.05, 0.1) is 22.9 Å². The topological polar surface area (TPSA) is 78.8 Å². The van der Waals surface area contributed by atoms with Gasteiger partial charge in [0.1, 0.15) is 0 Å². The normalized spacial score (nSPS) is 11.8. The van der Waals surface area contributed by atoms with Crippen molar-refractivity contribution in [3.8, 4) is 11.4 Å². The number of anilines is 1. The fourth-order valence-corrected chi connectivity index (χ4v) is 2.16. The molecule has 0 unspecified atom stereocenters. The second-order valence-corrected chi connectivity index (χ2v) is 5.50. The van der Waals surface area contributed by atoms with Gasteiger partial charge in [0.2, 0.25) is 0 Å². The molecule has 0 aliphatic heterocycles. The van der Waals surface area contributed by atoms with Crippen molar-refractivity contribution in [1.29, 1.82) is 0 Å². The molecule has 1 aromatic carbocycles. The molecule has 0 atom stereocenters. The Balaban J connectivity index is 2.30. The van der Waals surface area contributed by atoms with Crippen molar-refractivity contribution in [3.05, 3.63) is 23.2 Å². The van der Waals surface area contributed by atoms with Crippen LogP contribution in [0.15, 0.2) is 18.2 Å². The van der Waals surface area contributed by atoms with E-state index >= 15 is 0 Å². The van der Waals surface area contributed by atoms with Gasteiger partial charge in [-0.25, -0.2) is 4.68 Å². The van der Waals surface area contributed by atoms with Crippen LogP contribution in [0, 0.1) is 0 Å². The number of halogens is 1. The van der Waals surface area contributed by atoms with Crippen LogP contribution in [0.2, 0.25) is 5.02 Å². The minimum Gasteiger partial charge on any atom is -0.398 e. The maximum absolute atomic E-state index is 6.04. The number of nitrogen functional groups attached to an aromatic ring is 1. The van der Waals surface area contributed by atoms with Crippen LogP contribution in [0.5, 0.6) is 0 Å². The van der Waals surface area contributed by atoms with Crippen LogP contribution in [-0.2, 0) is 11.3 Å². The Hall–Kier alpha value is -1.66. The number of benzene rings is 1. The highest BCUT2D eigenvalue weighted by Crippen LogP contribution is 2.26. The number of tetrazole rings is 1. The molecule has 2 N–H and O–H groups in total. The number of ether oxygens (including phenoxy) is 1. The summed E-state index contributed by atoms with van der Waals surface area (Å²) in [5.41, 5.74) is 6.71. The Morgan fingerprint density at radius 3 is 2.80 bits per heavy atom. The lowest BCUT2D eigenvalue weighted by Gasteiger charge is -2.24. The lowest BCUT2D eigenvalue weighted by atomic mass is 10.1. The third kappa shape index (κ3) is 3.26. The molecule has 0 spiro atoms. The predicted molar refractivity (Wildman–Crippen MR) is 78.4 cm³/mol. The first kappa shape index (κ1) is 14.7. The zero-order valence-corrected chi connectivity index (χ0v) is 12.6. The standard InChI is InChI=1S/C13H18ClN5O/c1-4-20-13(2,3)8-19-12(16-17-18-19)9-5-6-11(15)10(14)7-9/h5-7H,4,8,15H2,1-3H3. The van der Waals surface area contributed by atoms with Crippen molar-refractivity contribution < 1.29 is 4.74 Å². The van der Waals surface area contributed by atoms with Crippen LogP contribution in [0.4, 0.5) is 5.69 Å². The SMILES string of the molecule is CCOC(C)(C)Cn1nnnc1-c1ccc(N)c(Cl)c1. The number of hydrogen-bond donors (Lipinski definition) is 1. The second-order valence-electron chi connectivity index (χ2n) is 5.09. The molecule has 2 aromatic rings. The average molecular weight is 296 g/mol. The molecule has 0 saturated heterocycles. The summed E-state index contributed by atoms with van der Waals surface area (Å²) < 4.78 is 7.38. The molecule has 0 saturated carbocycles. The quantitative estimate of drug-likeness (QED) is 0.857. The van der Waals surface area contributed by atoms with Gasteiger partial charge in [-0.2, -0.15) is 0 Å². The van der Waals surface area contributed by atoms with Gasteiger partial charge >= 0.3 is 0 Å². The lowest BCUT2D eigenvalue weighted by Crippen LogP contribution is -2.31. The molecular weight excluding hydrogens is 278 g/mol. The molecule has 20 heavy (non-hydrogen) atoms. The van der Waals surface area contributed by atoms with Crippen molar-refractivity contribution in [2.75, 3.05) is 12.3 Å². The largest absolute Gasteiger partial charge is 0.398 e. The smallest absolute Gasteiger partial charge is 0.182 e. The van der Waals surface area contributed by atoms with Crippen molar-refractivity contribution in [3.63, 3.8) is 0 Å². The third-order valence-corrected chi connectivity index (χ3v) is 3.18. The Morgan fingerprint density at radius 1 is 1.40 bits per heavy atom. The van der Waals surface area contributed by atoms with Gasteiger partial charge in [0.15, 0.2) is 5.82 Å². The van der Waals surface area contributed by atoms with Gasteiger partial charge in [0.25, 0.3) is 0 Å². The molecule has 0 aliphatic carbocycles. The first-order valence-corrected chi connectivity index (χ1v) is 6.76. The molecule has 108 valence electrons. The molecule has 0 aliphatic rings.